The van der Waals surface area contributed by atoms with Crippen molar-refractivity contribution in [3.05, 3.63) is 28.0 Å². The minimum Gasteiger partial charge on any atom is -0.478 e. The van der Waals surface area contributed by atoms with Gasteiger partial charge in [0.05, 0.1) is 5.56 Å². The fraction of sp³-hybridized carbons (Fsp3) is 0.364. The summed E-state index contributed by atoms with van der Waals surface area (Å²) in [5.74, 6) is -0.830. The maximum atomic E-state index is 10.7. The van der Waals surface area contributed by atoms with Crippen molar-refractivity contribution in [1.82, 2.24) is 0 Å². The molecule has 0 unspecified atom stereocenters. The van der Waals surface area contributed by atoms with Crippen molar-refractivity contribution >= 4 is 22.9 Å². The van der Waals surface area contributed by atoms with Gasteiger partial charge in [-0.25, -0.2) is 4.79 Å². The van der Waals surface area contributed by atoms with Gasteiger partial charge in [0.2, 0.25) is 0 Å². The van der Waals surface area contributed by atoms with Crippen molar-refractivity contribution in [2.45, 2.75) is 25.7 Å². The summed E-state index contributed by atoms with van der Waals surface area (Å²) >= 11 is 1.54. The molecule has 0 amide bonds. The van der Waals surface area contributed by atoms with Crippen LogP contribution in [0.4, 0.5) is 0 Å². The van der Waals surface area contributed by atoms with Gasteiger partial charge in [-0.2, -0.15) is 0 Å². The van der Waals surface area contributed by atoms with E-state index < -0.39 is 5.97 Å². The summed E-state index contributed by atoms with van der Waals surface area (Å²) in [6.07, 6.45) is 6.96. The average molecular weight is 208 g/mol. The summed E-state index contributed by atoms with van der Waals surface area (Å²) in [6, 6.07) is 1.78. The molecule has 0 radical (unpaired) electrons. The highest BCUT2D eigenvalue weighted by Crippen LogP contribution is 2.30. The minimum absolute atomic E-state index is 0.413. The van der Waals surface area contributed by atoms with Crippen LogP contribution in [-0.4, -0.2) is 11.1 Å². The van der Waals surface area contributed by atoms with Crippen molar-refractivity contribution in [3.63, 3.8) is 0 Å². The molecule has 0 fully saturated rings. The van der Waals surface area contributed by atoms with E-state index in [2.05, 4.69) is 6.08 Å². The molecule has 2 rings (SSSR count). The van der Waals surface area contributed by atoms with Gasteiger partial charge in [-0.05, 0) is 37.3 Å². The van der Waals surface area contributed by atoms with Crippen LogP contribution in [0.15, 0.2) is 17.5 Å². The SMILES string of the molecule is O=C(O)c1csc(C2=CCCCC2)c1. The smallest absolute Gasteiger partial charge is 0.336 e. The van der Waals surface area contributed by atoms with Crippen LogP contribution in [0.5, 0.6) is 0 Å². The third-order valence-corrected chi connectivity index (χ3v) is 3.46. The number of allylic oxidation sites excluding steroid dienone is 2. The number of carbonyl (C=O) groups is 1. The first-order chi connectivity index (χ1) is 6.77. The van der Waals surface area contributed by atoms with Crippen LogP contribution in [0, 0.1) is 0 Å². The largest absolute Gasteiger partial charge is 0.478 e. The van der Waals surface area contributed by atoms with E-state index in [1.54, 1.807) is 11.4 Å². The Morgan fingerprint density at radius 3 is 2.86 bits per heavy atom. The number of carboxylic acids is 1. The molecule has 1 aliphatic rings. The van der Waals surface area contributed by atoms with Gasteiger partial charge in [0.1, 0.15) is 0 Å². The molecule has 0 aliphatic heterocycles. The third-order valence-electron chi connectivity index (χ3n) is 2.45. The van der Waals surface area contributed by atoms with E-state index in [1.165, 1.54) is 29.8 Å². The molecule has 0 atom stereocenters. The van der Waals surface area contributed by atoms with Crippen LogP contribution in [-0.2, 0) is 0 Å². The second-order valence-electron chi connectivity index (χ2n) is 3.48. The molecule has 1 aliphatic carbocycles. The Morgan fingerprint density at radius 2 is 2.29 bits per heavy atom. The number of hydrogen-bond acceptors (Lipinski definition) is 2. The first kappa shape index (κ1) is 9.46. The molecule has 74 valence electrons. The van der Waals surface area contributed by atoms with E-state index in [9.17, 15) is 4.79 Å². The average Bonchev–Trinajstić information content (AvgIpc) is 2.68. The standard InChI is InChI=1S/C11H12O2S/c12-11(13)9-6-10(14-7-9)8-4-2-1-3-5-8/h4,6-7H,1-3,5H2,(H,12,13). The van der Waals surface area contributed by atoms with Gasteiger partial charge in [0.25, 0.3) is 0 Å². The number of carboxylic acid groups (broad SMARTS) is 1. The summed E-state index contributed by atoms with van der Waals surface area (Å²) in [5.41, 5.74) is 1.74. The Labute approximate surface area is 86.9 Å². The lowest BCUT2D eigenvalue weighted by Crippen LogP contribution is -1.93. The predicted octanol–water partition coefficient (Wildman–Crippen LogP) is 3.40. The summed E-state index contributed by atoms with van der Waals surface area (Å²) < 4.78 is 0. The molecule has 0 saturated heterocycles. The molecule has 0 bridgehead atoms. The fourth-order valence-corrected chi connectivity index (χ4v) is 2.63. The summed E-state index contributed by atoms with van der Waals surface area (Å²) in [7, 11) is 0. The van der Waals surface area contributed by atoms with E-state index in [0.717, 1.165) is 17.7 Å². The fourth-order valence-electron chi connectivity index (χ4n) is 1.68. The zero-order valence-corrected chi connectivity index (χ0v) is 8.64. The topological polar surface area (TPSA) is 37.3 Å². The Morgan fingerprint density at radius 1 is 1.43 bits per heavy atom. The Bertz CT molecular complexity index is 376. The van der Waals surface area contributed by atoms with E-state index in [0.29, 0.717) is 5.56 Å². The van der Waals surface area contributed by atoms with Crippen molar-refractivity contribution < 1.29 is 9.90 Å². The summed E-state index contributed by atoms with van der Waals surface area (Å²) in [5, 5.41) is 10.5. The van der Waals surface area contributed by atoms with Gasteiger partial charge < -0.3 is 5.11 Å². The number of aromatic carboxylic acids is 1. The van der Waals surface area contributed by atoms with Crippen LogP contribution in [0.25, 0.3) is 5.57 Å². The lowest BCUT2D eigenvalue weighted by atomic mass is 9.98. The van der Waals surface area contributed by atoms with Gasteiger partial charge in [-0.15, -0.1) is 11.3 Å². The van der Waals surface area contributed by atoms with Crippen LogP contribution in [0.1, 0.15) is 40.9 Å². The first-order valence-corrected chi connectivity index (χ1v) is 5.66. The van der Waals surface area contributed by atoms with Crippen molar-refractivity contribution in [1.29, 1.82) is 0 Å². The molecule has 0 spiro atoms. The zero-order chi connectivity index (χ0) is 9.97. The molecule has 1 aromatic rings. The van der Waals surface area contributed by atoms with Gasteiger partial charge in [-0.3, -0.25) is 0 Å². The van der Waals surface area contributed by atoms with Gasteiger partial charge in [0, 0.05) is 10.3 Å². The molecule has 2 nitrogen and oxygen atoms in total. The lowest BCUT2D eigenvalue weighted by molar-refractivity contribution is 0.0697. The van der Waals surface area contributed by atoms with Gasteiger partial charge in [0.15, 0.2) is 0 Å². The van der Waals surface area contributed by atoms with Crippen LogP contribution < -0.4 is 0 Å². The lowest BCUT2D eigenvalue weighted by Gasteiger charge is -2.10. The van der Waals surface area contributed by atoms with Crippen LogP contribution in [0.3, 0.4) is 0 Å². The van der Waals surface area contributed by atoms with Gasteiger partial charge in [-0.1, -0.05) is 6.08 Å². The molecular formula is C11H12O2S. The van der Waals surface area contributed by atoms with Crippen molar-refractivity contribution in [2.75, 3.05) is 0 Å². The van der Waals surface area contributed by atoms with E-state index in [4.69, 9.17) is 5.11 Å². The minimum atomic E-state index is -0.830. The number of hydrogen-bond donors (Lipinski definition) is 1. The molecule has 3 heteroatoms. The zero-order valence-electron chi connectivity index (χ0n) is 7.82. The Kier molecular flexibility index (Phi) is 2.68. The molecule has 0 saturated carbocycles. The highest BCUT2D eigenvalue weighted by atomic mass is 32.1. The molecule has 1 heterocycles. The quantitative estimate of drug-likeness (QED) is 0.808. The summed E-state index contributed by atoms with van der Waals surface area (Å²) in [4.78, 5) is 11.8. The predicted molar refractivity (Wildman–Crippen MR) is 57.7 cm³/mol. The van der Waals surface area contributed by atoms with Crippen molar-refractivity contribution in [2.24, 2.45) is 0 Å². The van der Waals surface area contributed by atoms with E-state index in [-0.39, 0.29) is 0 Å². The Hall–Kier alpha value is -1.09. The van der Waals surface area contributed by atoms with Crippen molar-refractivity contribution in [3.8, 4) is 0 Å². The Balaban J connectivity index is 2.23. The first-order valence-electron chi connectivity index (χ1n) is 4.78. The normalized spacial score (nSPS) is 16.4. The third kappa shape index (κ3) is 1.87. The van der Waals surface area contributed by atoms with Gasteiger partial charge >= 0.3 is 5.97 Å². The second-order valence-corrected chi connectivity index (χ2v) is 4.39. The number of thiophene rings is 1. The monoisotopic (exact) mass is 208 g/mol. The maximum absolute atomic E-state index is 10.7. The van der Waals surface area contributed by atoms with Crippen LogP contribution in [0.2, 0.25) is 0 Å². The highest BCUT2D eigenvalue weighted by molar-refractivity contribution is 7.11. The molecule has 1 aromatic heterocycles. The second kappa shape index (κ2) is 3.96. The molecule has 14 heavy (non-hydrogen) atoms. The van der Waals surface area contributed by atoms with Crippen LogP contribution >= 0.6 is 11.3 Å². The molecule has 1 N–H and O–H groups in total. The maximum Gasteiger partial charge on any atom is 0.336 e. The molecule has 0 aromatic carbocycles. The highest BCUT2D eigenvalue weighted by Gasteiger charge is 2.11. The van der Waals surface area contributed by atoms with E-state index >= 15 is 0 Å². The summed E-state index contributed by atoms with van der Waals surface area (Å²) in [6.45, 7) is 0. The van der Waals surface area contributed by atoms with E-state index in [1.807, 2.05) is 0 Å². The molecular weight excluding hydrogens is 196 g/mol. The number of rotatable bonds is 2.